The van der Waals surface area contributed by atoms with Crippen LogP contribution in [0.15, 0.2) is 35.2 Å². The van der Waals surface area contributed by atoms with Gasteiger partial charge in [-0.2, -0.15) is 14.7 Å². The van der Waals surface area contributed by atoms with Crippen molar-refractivity contribution in [1.29, 1.82) is 0 Å². The molecular formula is C18H34O3PS+. The van der Waals surface area contributed by atoms with E-state index in [1.807, 2.05) is 11.8 Å². The largest absolute Gasteiger partial charge is 0.403 e. The van der Waals surface area contributed by atoms with Gasteiger partial charge in [0.05, 0.1) is 0 Å². The smallest absolute Gasteiger partial charge is 0.193 e. The van der Waals surface area contributed by atoms with Crippen LogP contribution in [0.3, 0.4) is 0 Å². The second kappa shape index (κ2) is 15.4. The van der Waals surface area contributed by atoms with Gasteiger partial charge >= 0.3 is 7.94 Å². The molecule has 0 radical (unpaired) electrons. The lowest BCUT2D eigenvalue weighted by molar-refractivity contribution is 0.328. The summed E-state index contributed by atoms with van der Waals surface area (Å²) in [5, 5.41) is 0. The second-order valence-corrected chi connectivity index (χ2v) is 8.70. The monoisotopic (exact) mass is 361 g/mol. The highest BCUT2D eigenvalue weighted by Crippen LogP contribution is 2.45. The van der Waals surface area contributed by atoms with Crippen molar-refractivity contribution < 1.29 is 14.7 Å². The maximum atomic E-state index is 8.64. The van der Waals surface area contributed by atoms with E-state index in [9.17, 15) is 0 Å². The summed E-state index contributed by atoms with van der Waals surface area (Å²) in [6.45, 7) is 4.39. The minimum Gasteiger partial charge on any atom is -0.193 e. The average molecular weight is 362 g/mol. The van der Waals surface area contributed by atoms with E-state index in [-0.39, 0.29) is 6.16 Å². The first-order valence-corrected chi connectivity index (χ1v) is 11.6. The van der Waals surface area contributed by atoms with Gasteiger partial charge in [0.15, 0.2) is 0 Å². The summed E-state index contributed by atoms with van der Waals surface area (Å²) >= 11 is 1.94. The van der Waals surface area contributed by atoms with Crippen LogP contribution in [0.2, 0.25) is 0 Å². The third-order valence-corrected chi connectivity index (χ3v) is 5.34. The van der Waals surface area contributed by atoms with E-state index in [0.29, 0.717) is 0 Å². The van der Waals surface area contributed by atoms with E-state index in [2.05, 4.69) is 44.2 Å². The summed E-state index contributed by atoms with van der Waals surface area (Å²) in [4.78, 5) is 27.3. The van der Waals surface area contributed by atoms with E-state index in [0.717, 1.165) is 19.3 Å². The molecule has 0 fully saturated rings. The maximum Gasteiger partial charge on any atom is 0.403 e. The molecular weight excluding hydrogens is 327 g/mol. The first-order valence-electron chi connectivity index (χ1n) is 8.73. The highest BCUT2D eigenvalue weighted by molar-refractivity contribution is 7.99. The first kappa shape index (κ1) is 22.9. The fraction of sp³-hybridized carbons (Fsp3) is 0.667. The normalized spacial score (nSPS) is 11.0. The molecule has 0 saturated carbocycles. The van der Waals surface area contributed by atoms with Crippen LogP contribution in [0.25, 0.3) is 0 Å². The summed E-state index contributed by atoms with van der Waals surface area (Å²) in [6.07, 6.45) is 9.30. The lowest BCUT2D eigenvalue weighted by Gasteiger charge is -2.03. The third kappa shape index (κ3) is 18.1. The van der Waals surface area contributed by atoms with Gasteiger partial charge in [-0.15, -0.1) is 11.8 Å². The van der Waals surface area contributed by atoms with E-state index >= 15 is 0 Å². The molecule has 0 heterocycles. The fourth-order valence-corrected chi connectivity index (χ4v) is 3.62. The van der Waals surface area contributed by atoms with Crippen LogP contribution in [0, 0.1) is 0 Å². The van der Waals surface area contributed by atoms with Crippen LogP contribution < -0.4 is 0 Å². The van der Waals surface area contributed by atoms with E-state index in [1.54, 1.807) is 0 Å². The summed E-state index contributed by atoms with van der Waals surface area (Å²) < 4.78 is 0. The zero-order valence-electron chi connectivity index (χ0n) is 14.7. The van der Waals surface area contributed by atoms with Gasteiger partial charge in [0.25, 0.3) is 0 Å². The van der Waals surface area contributed by atoms with Crippen molar-refractivity contribution in [3.05, 3.63) is 30.3 Å². The lowest BCUT2D eigenvalue weighted by atomic mass is 10.1. The average Bonchev–Trinajstić information content (AvgIpc) is 2.52. The number of benzene rings is 1. The van der Waals surface area contributed by atoms with Crippen LogP contribution in [0.5, 0.6) is 0 Å². The SMILES string of the molecule is CCCCCCCC[P+](O)(O)O.CCCCSc1ccccc1. The quantitative estimate of drug-likeness (QED) is 0.270. The molecule has 0 aliphatic carbocycles. The van der Waals surface area contributed by atoms with E-state index in [1.165, 1.54) is 42.8 Å². The van der Waals surface area contributed by atoms with Crippen LogP contribution in [0.1, 0.15) is 65.2 Å². The summed E-state index contributed by atoms with van der Waals surface area (Å²) in [6, 6.07) is 10.6. The Labute approximate surface area is 147 Å². The molecule has 0 unspecified atom stereocenters. The zero-order chi connectivity index (χ0) is 17.4. The molecule has 0 aliphatic heterocycles. The number of rotatable bonds is 11. The van der Waals surface area contributed by atoms with Gasteiger partial charge in [0.2, 0.25) is 0 Å². The molecule has 0 atom stereocenters. The van der Waals surface area contributed by atoms with Crippen LogP contribution in [-0.4, -0.2) is 26.6 Å². The van der Waals surface area contributed by atoms with Crippen molar-refractivity contribution in [2.24, 2.45) is 0 Å². The number of unbranched alkanes of at least 4 members (excludes halogenated alkanes) is 6. The van der Waals surface area contributed by atoms with Gasteiger partial charge in [-0.25, -0.2) is 0 Å². The molecule has 0 aliphatic rings. The van der Waals surface area contributed by atoms with E-state index < -0.39 is 7.94 Å². The fourth-order valence-electron chi connectivity index (χ4n) is 1.96. The lowest BCUT2D eigenvalue weighted by Crippen LogP contribution is -1.94. The second-order valence-electron chi connectivity index (χ2n) is 5.70. The Morgan fingerprint density at radius 1 is 0.783 bits per heavy atom. The number of hydrogen-bond acceptors (Lipinski definition) is 4. The molecule has 23 heavy (non-hydrogen) atoms. The molecule has 0 spiro atoms. The molecule has 3 N–H and O–H groups in total. The molecule has 0 bridgehead atoms. The van der Waals surface area contributed by atoms with Gasteiger partial charge < -0.3 is 0 Å². The Kier molecular flexibility index (Phi) is 15.3. The minimum atomic E-state index is -3.47. The molecule has 0 aromatic heterocycles. The summed E-state index contributed by atoms with van der Waals surface area (Å²) in [7, 11) is -3.47. The van der Waals surface area contributed by atoms with Crippen molar-refractivity contribution in [3.63, 3.8) is 0 Å². The molecule has 5 heteroatoms. The Bertz CT molecular complexity index is 355. The molecule has 1 rings (SSSR count). The van der Waals surface area contributed by atoms with Crippen LogP contribution in [0.4, 0.5) is 0 Å². The van der Waals surface area contributed by atoms with Crippen molar-refractivity contribution in [2.45, 2.75) is 70.1 Å². The molecule has 0 amide bonds. The zero-order valence-corrected chi connectivity index (χ0v) is 16.4. The van der Waals surface area contributed by atoms with Crippen molar-refractivity contribution in [1.82, 2.24) is 0 Å². The standard InChI is InChI=1S/C10H14S.C8H20O3P/c1-2-3-9-11-10-7-5-4-6-8-10;1-2-3-4-5-6-7-8-12(9,10)11/h4-8H,2-3,9H2,1H3;9-11H,2-8H2,1H3/q;+1. The predicted molar refractivity (Wildman–Crippen MR) is 104 cm³/mol. The summed E-state index contributed by atoms with van der Waals surface area (Å²) in [5.41, 5.74) is 0. The molecule has 3 nitrogen and oxygen atoms in total. The summed E-state index contributed by atoms with van der Waals surface area (Å²) in [5.74, 6) is 1.25. The number of hydrogen-bond donors (Lipinski definition) is 3. The van der Waals surface area contributed by atoms with Gasteiger partial charge in [-0.05, 0) is 37.1 Å². The topological polar surface area (TPSA) is 60.7 Å². The molecule has 0 saturated heterocycles. The Morgan fingerprint density at radius 2 is 1.35 bits per heavy atom. The first-order chi connectivity index (χ1) is 11.0. The van der Waals surface area contributed by atoms with Crippen LogP contribution >= 0.6 is 19.7 Å². The third-order valence-electron chi connectivity index (χ3n) is 3.32. The predicted octanol–water partition coefficient (Wildman–Crippen LogP) is 5.67. The van der Waals surface area contributed by atoms with Crippen molar-refractivity contribution >= 4 is 19.7 Å². The minimum absolute atomic E-state index is 0.166. The van der Waals surface area contributed by atoms with Gasteiger partial charge in [-0.1, -0.05) is 64.2 Å². The molecule has 1 aromatic carbocycles. The van der Waals surface area contributed by atoms with Gasteiger partial charge in [0, 0.05) is 4.90 Å². The molecule has 134 valence electrons. The highest BCUT2D eigenvalue weighted by Gasteiger charge is 2.27. The van der Waals surface area contributed by atoms with Gasteiger partial charge in [0.1, 0.15) is 6.16 Å². The van der Waals surface area contributed by atoms with Crippen molar-refractivity contribution in [3.8, 4) is 0 Å². The van der Waals surface area contributed by atoms with Gasteiger partial charge in [-0.3, -0.25) is 0 Å². The number of thioether (sulfide) groups is 1. The Morgan fingerprint density at radius 3 is 1.91 bits per heavy atom. The van der Waals surface area contributed by atoms with E-state index in [4.69, 9.17) is 14.7 Å². The highest BCUT2D eigenvalue weighted by atomic mass is 32.2. The Balaban J connectivity index is 0.000000422. The maximum absolute atomic E-state index is 8.64. The molecule has 1 aromatic rings. The van der Waals surface area contributed by atoms with Crippen molar-refractivity contribution in [2.75, 3.05) is 11.9 Å². The Hall–Kier alpha value is -0.120. The van der Waals surface area contributed by atoms with Crippen LogP contribution in [-0.2, 0) is 0 Å².